The number of esters is 1. The van der Waals surface area contributed by atoms with E-state index in [1.807, 2.05) is 26.0 Å². The summed E-state index contributed by atoms with van der Waals surface area (Å²) in [7, 11) is 0. The van der Waals surface area contributed by atoms with E-state index in [0.29, 0.717) is 12.8 Å². The molecule has 0 spiro atoms. The number of nitrogens with two attached hydrogens (primary N) is 1. The van der Waals surface area contributed by atoms with Gasteiger partial charge in [0.2, 0.25) is 5.91 Å². The van der Waals surface area contributed by atoms with Crippen LogP contribution < -0.4 is 11.1 Å². The van der Waals surface area contributed by atoms with E-state index in [0.717, 1.165) is 0 Å². The number of hydrogen-bond acceptors (Lipinski definition) is 7. The second-order valence-corrected chi connectivity index (χ2v) is 7.00. The van der Waals surface area contributed by atoms with Crippen LogP contribution in [0.1, 0.15) is 33.6 Å². The second kappa shape index (κ2) is 8.46. The van der Waals surface area contributed by atoms with E-state index in [-0.39, 0.29) is 23.1 Å². The van der Waals surface area contributed by atoms with Gasteiger partial charge in [-0.05, 0) is 19.8 Å². The van der Waals surface area contributed by atoms with E-state index in [2.05, 4.69) is 5.32 Å². The van der Waals surface area contributed by atoms with Gasteiger partial charge in [-0.15, -0.1) is 11.8 Å². The monoisotopic (exact) mass is 384 g/mol. The van der Waals surface area contributed by atoms with Crippen molar-refractivity contribution in [2.24, 2.45) is 16.6 Å². The van der Waals surface area contributed by atoms with E-state index in [1.54, 1.807) is 6.92 Å². The van der Waals surface area contributed by atoms with Crippen molar-refractivity contribution >= 4 is 35.2 Å². The summed E-state index contributed by atoms with van der Waals surface area (Å²) in [5.74, 6) is -1.32. The summed E-state index contributed by atoms with van der Waals surface area (Å²) in [6.07, 6.45) is 0.756. The first kappa shape index (κ1) is 21.1. The number of nitrogens with one attached hydrogen (secondary N) is 1. The van der Waals surface area contributed by atoms with Gasteiger partial charge in [0.15, 0.2) is 5.41 Å². The third-order valence-corrected chi connectivity index (χ3v) is 6.29. The molecular weight excluding hydrogens is 364 g/mol. The molecule has 0 saturated heterocycles. The molecule has 7 nitrogen and oxygen atoms in total. The highest BCUT2D eigenvalue weighted by Gasteiger charge is 2.64. The van der Waals surface area contributed by atoms with Crippen molar-refractivity contribution in [1.82, 2.24) is 5.32 Å². The Hall–Kier alpha value is -1.90. The fourth-order valence-corrected chi connectivity index (χ4v) is 5.14. The molecule has 3 N–H and O–H groups in total. The smallest absolute Gasteiger partial charge is 0.315 e. The van der Waals surface area contributed by atoms with Crippen LogP contribution in [-0.4, -0.2) is 29.6 Å². The number of hydrogen-bond donors (Lipinski definition) is 2. The summed E-state index contributed by atoms with van der Waals surface area (Å²) < 4.78 is 4.92. The van der Waals surface area contributed by atoms with Gasteiger partial charge in [-0.1, -0.05) is 25.4 Å². The molecule has 0 fully saturated rings. The number of ether oxygens (including phenoxy) is 1. The average Bonchev–Trinajstić information content (AvgIpc) is 2.59. The van der Waals surface area contributed by atoms with Crippen molar-refractivity contribution in [2.45, 2.75) is 39.0 Å². The Bertz CT molecular complexity index is 663. The van der Waals surface area contributed by atoms with E-state index in [4.69, 9.17) is 22.1 Å². The van der Waals surface area contributed by atoms with Gasteiger partial charge in [0.25, 0.3) is 0 Å². The summed E-state index contributed by atoms with van der Waals surface area (Å²) >= 11 is 7.34. The molecule has 1 aliphatic heterocycles. The summed E-state index contributed by atoms with van der Waals surface area (Å²) in [4.78, 5) is 24.1. The highest BCUT2D eigenvalue weighted by atomic mass is 35.5. The maximum Gasteiger partial charge on any atom is 0.315 e. The first-order valence-corrected chi connectivity index (χ1v) is 9.29. The summed E-state index contributed by atoms with van der Waals surface area (Å²) in [5.41, 5.74) is 2.54. The first-order chi connectivity index (χ1) is 11.8. The summed E-state index contributed by atoms with van der Waals surface area (Å²) in [6, 6.07) is 3.84. The third kappa shape index (κ3) is 3.29. The van der Waals surface area contributed by atoms with Gasteiger partial charge in [-0.3, -0.25) is 9.59 Å². The first-order valence-electron chi connectivity index (χ1n) is 7.86. The zero-order chi connectivity index (χ0) is 19.3. The zero-order valence-electron chi connectivity index (χ0n) is 14.4. The normalized spacial score (nSPS) is 24.6. The number of rotatable bonds is 7. The molecule has 2 unspecified atom stereocenters. The number of thioether (sulfide) groups is 1. The summed E-state index contributed by atoms with van der Waals surface area (Å²) in [5, 5.41) is 21.7. The van der Waals surface area contributed by atoms with Crippen molar-refractivity contribution in [3.05, 3.63) is 10.7 Å². The number of amides is 1. The van der Waals surface area contributed by atoms with Gasteiger partial charge in [0.1, 0.15) is 11.2 Å². The van der Waals surface area contributed by atoms with E-state index < -0.39 is 28.1 Å². The highest BCUT2D eigenvalue weighted by Crippen LogP contribution is 2.57. The maximum atomic E-state index is 12.4. The Balaban J connectivity index is 3.50. The Labute approximate surface area is 156 Å². The topological polar surface area (TPSA) is 129 Å². The second-order valence-electron chi connectivity index (χ2n) is 5.53. The summed E-state index contributed by atoms with van der Waals surface area (Å²) in [6.45, 7) is 5.59. The molecular formula is C16H21ClN4O3S. The Morgan fingerprint density at radius 2 is 1.96 bits per heavy atom. The molecule has 1 rings (SSSR count). The Kier molecular flexibility index (Phi) is 7.16. The predicted molar refractivity (Wildman–Crippen MR) is 94.8 cm³/mol. The molecule has 2 atom stereocenters. The van der Waals surface area contributed by atoms with Gasteiger partial charge in [0, 0.05) is 5.41 Å². The lowest BCUT2D eigenvalue weighted by Gasteiger charge is -2.51. The van der Waals surface area contributed by atoms with Gasteiger partial charge in [-0.2, -0.15) is 10.5 Å². The number of halogens is 1. The lowest BCUT2D eigenvalue weighted by Crippen LogP contribution is -2.62. The number of carbonyl (C=O) groups is 2. The molecule has 136 valence electrons. The van der Waals surface area contributed by atoms with Crippen molar-refractivity contribution in [3.8, 4) is 12.1 Å². The standard InChI is InChI=1S/C16H21ClN4O3S/c1-4-15(5-2)14(25-8-11(22)24-6-3)21-12(17)10(7-18)16(15,9-19)13(20)23/h14,21H,4-6,8H2,1-3H3,(H2,20,23). The molecule has 0 aromatic carbocycles. The van der Waals surface area contributed by atoms with Crippen molar-refractivity contribution in [3.63, 3.8) is 0 Å². The number of carbonyl (C=O) groups excluding carboxylic acids is 2. The molecule has 1 amide bonds. The molecule has 9 heteroatoms. The highest BCUT2D eigenvalue weighted by molar-refractivity contribution is 8.00. The van der Waals surface area contributed by atoms with E-state index in [9.17, 15) is 20.1 Å². The van der Waals surface area contributed by atoms with Crippen molar-refractivity contribution in [1.29, 1.82) is 10.5 Å². The maximum absolute atomic E-state index is 12.4. The number of primary amides is 1. The minimum atomic E-state index is -1.88. The zero-order valence-corrected chi connectivity index (χ0v) is 16.0. The van der Waals surface area contributed by atoms with Crippen molar-refractivity contribution < 1.29 is 14.3 Å². The van der Waals surface area contributed by atoms with Crippen LogP contribution in [0.3, 0.4) is 0 Å². The van der Waals surface area contributed by atoms with Gasteiger partial charge in [-0.25, -0.2) is 0 Å². The van der Waals surface area contributed by atoms with Crippen LogP contribution in [0, 0.1) is 33.5 Å². The Morgan fingerprint density at radius 3 is 2.36 bits per heavy atom. The SMILES string of the molecule is CCOC(=O)CSC1NC(Cl)=C(C#N)C(C#N)(C(N)=O)C1(CC)CC. The van der Waals surface area contributed by atoms with Gasteiger partial charge in [0.05, 0.1) is 29.4 Å². The third-order valence-electron chi connectivity index (χ3n) is 4.69. The van der Waals surface area contributed by atoms with Crippen LogP contribution in [0.5, 0.6) is 0 Å². The van der Waals surface area contributed by atoms with Crippen LogP contribution in [-0.2, 0) is 14.3 Å². The molecule has 0 saturated carbocycles. The molecule has 0 aliphatic carbocycles. The van der Waals surface area contributed by atoms with Crippen LogP contribution in [0.2, 0.25) is 0 Å². The quantitative estimate of drug-likeness (QED) is 0.507. The molecule has 1 aliphatic rings. The number of nitrogens with zero attached hydrogens (tertiary/aromatic N) is 2. The lowest BCUT2D eigenvalue weighted by atomic mass is 9.56. The average molecular weight is 385 g/mol. The van der Waals surface area contributed by atoms with E-state index >= 15 is 0 Å². The lowest BCUT2D eigenvalue weighted by molar-refractivity contribution is -0.139. The molecule has 0 aromatic heterocycles. The molecule has 25 heavy (non-hydrogen) atoms. The Morgan fingerprint density at radius 1 is 1.36 bits per heavy atom. The minimum Gasteiger partial charge on any atom is -0.465 e. The van der Waals surface area contributed by atoms with Crippen molar-refractivity contribution in [2.75, 3.05) is 12.4 Å². The molecule has 0 bridgehead atoms. The molecule has 0 aromatic rings. The van der Waals surface area contributed by atoms with E-state index in [1.165, 1.54) is 11.8 Å². The largest absolute Gasteiger partial charge is 0.465 e. The molecule has 1 heterocycles. The molecule has 0 radical (unpaired) electrons. The minimum absolute atomic E-state index is 0.0135. The predicted octanol–water partition coefficient (Wildman–Crippen LogP) is 1.99. The van der Waals surface area contributed by atoms with Crippen LogP contribution >= 0.6 is 23.4 Å². The van der Waals surface area contributed by atoms with Crippen LogP contribution in [0.15, 0.2) is 10.7 Å². The van der Waals surface area contributed by atoms with Crippen LogP contribution in [0.4, 0.5) is 0 Å². The fourth-order valence-electron chi connectivity index (χ4n) is 3.37. The van der Waals surface area contributed by atoms with Crippen LogP contribution in [0.25, 0.3) is 0 Å². The van der Waals surface area contributed by atoms with Gasteiger partial charge < -0.3 is 15.8 Å². The number of nitriles is 2. The fraction of sp³-hybridized carbons (Fsp3) is 0.625. The van der Waals surface area contributed by atoms with Gasteiger partial charge >= 0.3 is 5.97 Å².